The van der Waals surface area contributed by atoms with Crippen molar-refractivity contribution in [1.82, 2.24) is 5.32 Å². The van der Waals surface area contributed by atoms with Crippen LogP contribution in [-0.4, -0.2) is 11.2 Å². The molecule has 1 aliphatic rings. The fraction of sp³-hybridized carbons (Fsp3) is 0.588. The summed E-state index contributed by atoms with van der Waals surface area (Å²) in [5.41, 5.74) is 2.42. The Hall–Kier alpha value is -1.09. The van der Waals surface area contributed by atoms with Crippen LogP contribution in [0.5, 0.6) is 0 Å². The minimum atomic E-state index is 0.527. The van der Waals surface area contributed by atoms with Crippen molar-refractivity contribution in [3.63, 3.8) is 0 Å². The molecule has 1 aliphatic carbocycles. The number of hydrogen-bond acceptors (Lipinski definition) is 1. The molecule has 0 spiro atoms. The Balaban J connectivity index is 1.87. The third kappa shape index (κ3) is 4.20. The topological polar surface area (TPSA) is 24.1 Å². The van der Waals surface area contributed by atoms with Crippen molar-refractivity contribution in [3.8, 4) is 0 Å². The molecule has 110 valence electrons. The summed E-state index contributed by atoms with van der Waals surface area (Å²) in [7, 11) is 0. The first-order chi connectivity index (χ1) is 9.56. The summed E-state index contributed by atoms with van der Waals surface area (Å²) < 4.78 is 0. The Morgan fingerprint density at radius 1 is 1.15 bits per heavy atom. The minimum Gasteiger partial charge on any atom is -0.359 e. The fourth-order valence-corrected chi connectivity index (χ4v) is 3.09. The van der Waals surface area contributed by atoms with E-state index in [0.717, 1.165) is 10.8 Å². The summed E-state index contributed by atoms with van der Waals surface area (Å²) in [6.07, 6.45) is 5.21. The third-order valence-corrected chi connectivity index (χ3v) is 4.48. The predicted octanol–water partition coefficient (Wildman–Crippen LogP) is 4.68. The lowest BCUT2D eigenvalue weighted by atomic mass is 9.86. The molecular weight excluding hydrogens is 264 g/mol. The van der Waals surface area contributed by atoms with Crippen LogP contribution in [0.2, 0.25) is 0 Å². The molecule has 2 rings (SSSR count). The summed E-state index contributed by atoms with van der Waals surface area (Å²) in [6.45, 7) is 6.73. The van der Waals surface area contributed by atoms with E-state index in [1.165, 1.54) is 31.2 Å². The van der Waals surface area contributed by atoms with E-state index in [9.17, 15) is 0 Å². The number of benzene rings is 1. The van der Waals surface area contributed by atoms with Crippen molar-refractivity contribution in [1.29, 1.82) is 0 Å². The number of anilines is 1. The second kappa shape index (κ2) is 7.07. The van der Waals surface area contributed by atoms with Gasteiger partial charge in [0.25, 0.3) is 0 Å². The number of nitrogens with one attached hydrogen (secondary N) is 2. The lowest BCUT2D eigenvalue weighted by molar-refractivity contribution is 0.309. The molecule has 0 aliphatic heterocycles. The smallest absolute Gasteiger partial charge is 0.171 e. The standard InChI is InChI=1S/C17H26N2S/c1-12(2)14-8-10-15(11-9-14)18-17(20)19-16-7-5-4-6-13(16)3/h8-13,16H,4-7H2,1-3H3,(H2,18,19,20)/t13-,16-/m1/s1. The Bertz CT molecular complexity index is 439. The van der Waals surface area contributed by atoms with Gasteiger partial charge in [0.15, 0.2) is 5.11 Å². The highest BCUT2D eigenvalue weighted by molar-refractivity contribution is 7.80. The Labute approximate surface area is 128 Å². The van der Waals surface area contributed by atoms with Gasteiger partial charge in [0, 0.05) is 11.7 Å². The zero-order valence-corrected chi connectivity index (χ0v) is 13.6. The van der Waals surface area contributed by atoms with Gasteiger partial charge in [-0.25, -0.2) is 0 Å². The van der Waals surface area contributed by atoms with E-state index in [4.69, 9.17) is 12.2 Å². The lowest BCUT2D eigenvalue weighted by Crippen LogP contribution is -2.43. The molecular formula is C17H26N2S. The van der Waals surface area contributed by atoms with Gasteiger partial charge in [-0.3, -0.25) is 0 Å². The molecule has 0 bridgehead atoms. The van der Waals surface area contributed by atoms with Crippen LogP contribution in [0.3, 0.4) is 0 Å². The largest absolute Gasteiger partial charge is 0.359 e. The average molecular weight is 290 g/mol. The number of thiocarbonyl (C=S) groups is 1. The van der Waals surface area contributed by atoms with Crippen molar-refractivity contribution in [2.45, 2.75) is 58.4 Å². The van der Waals surface area contributed by atoms with Crippen LogP contribution in [0.1, 0.15) is 57.9 Å². The van der Waals surface area contributed by atoms with Crippen LogP contribution in [0.25, 0.3) is 0 Å². The highest BCUT2D eigenvalue weighted by Gasteiger charge is 2.21. The van der Waals surface area contributed by atoms with Gasteiger partial charge in [-0.15, -0.1) is 0 Å². The van der Waals surface area contributed by atoms with E-state index < -0.39 is 0 Å². The van der Waals surface area contributed by atoms with Gasteiger partial charge in [-0.05, 0) is 54.6 Å². The van der Waals surface area contributed by atoms with Crippen LogP contribution < -0.4 is 10.6 Å². The van der Waals surface area contributed by atoms with E-state index in [1.807, 2.05) is 0 Å². The average Bonchev–Trinajstić information content (AvgIpc) is 2.42. The van der Waals surface area contributed by atoms with Crippen LogP contribution in [0, 0.1) is 5.92 Å². The van der Waals surface area contributed by atoms with Crippen molar-refractivity contribution < 1.29 is 0 Å². The first kappa shape index (κ1) is 15.3. The monoisotopic (exact) mass is 290 g/mol. The highest BCUT2D eigenvalue weighted by Crippen LogP contribution is 2.24. The first-order valence-corrected chi connectivity index (χ1v) is 8.14. The van der Waals surface area contributed by atoms with E-state index in [2.05, 4.69) is 55.7 Å². The summed E-state index contributed by atoms with van der Waals surface area (Å²) in [5.74, 6) is 1.28. The summed E-state index contributed by atoms with van der Waals surface area (Å²) in [4.78, 5) is 0. The second-order valence-electron chi connectivity index (χ2n) is 6.24. The van der Waals surface area contributed by atoms with Gasteiger partial charge in [0.1, 0.15) is 0 Å². The third-order valence-electron chi connectivity index (χ3n) is 4.26. The Morgan fingerprint density at radius 2 is 1.80 bits per heavy atom. The maximum atomic E-state index is 5.43. The molecule has 0 radical (unpaired) electrons. The lowest BCUT2D eigenvalue weighted by Gasteiger charge is -2.30. The zero-order chi connectivity index (χ0) is 14.5. The molecule has 0 heterocycles. The normalized spacial score (nSPS) is 22.6. The molecule has 3 heteroatoms. The van der Waals surface area contributed by atoms with Crippen LogP contribution in [0.4, 0.5) is 5.69 Å². The number of rotatable bonds is 3. The molecule has 0 unspecified atom stereocenters. The van der Waals surface area contributed by atoms with Crippen LogP contribution >= 0.6 is 12.2 Å². The van der Waals surface area contributed by atoms with E-state index in [1.54, 1.807) is 0 Å². The van der Waals surface area contributed by atoms with Crippen LogP contribution in [0.15, 0.2) is 24.3 Å². The van der Waals surface area contributed by atoms with Crippen molar-refractivity contribution >= 4 is 23.0 Å². The maximum absolute atomic E-state index is 5.43. The van der Waals surface area contributed by atoms with Gasteiger partial charge in [-0.2, -0.15) is 0 Å². The van der Waals surface area contributed by atoms with Crippen molar-refractivity contribution in [2.75, 3.05) is 5.32 Å². The van der Waals surface area contributed by atoms with E-state index in [0.29, 0.717) is 17.9 Å². The summed E-state index contributed by atoms with van der Waals surface area (Å²) >= 11 is 5.43. The van der Waals surface area contributed by atoms with Gasteiger partial charge in [0.2, 0.25) is 0 Å². The van der Waals surface area contributed by atoms with Gasteiger partial charge < -0.3 is 10.6 Å². The van der Waals surface area contributed by atoms with E-state index >= 15 is 0 Å². The van der Waals surface area contributed by atoms with Gasteiger partial charge in [-0.1, -0.05) is 45.7 Å². The summed E-state index contributed by atoms with van der Waals surface area (Å²) in [6, 6.07) is 9.07. The molecule has 0 saturated heterocycles. The zero-order valence-electron chi connectivity index (χ0n) is 12.8. The Kier molecular flexibility index (Phi) is 5.41. The molecule has 2 N–H and O–H groups in total. The maximum Gasteiger partial charge on any atom is 0.171 e. The quantitative estimate of drug-likeness (QED) is 0.791. The highest BCUT2D eigenvalue weighted by atomic mass is 32.1. The Morgan fingerprint density at radius 3 is 2.40 bits per heavy atom. The van der Waals surface area contributed by atoms with Gasteiger partial charge >= 0.3 is 0 Å². The van der Waals surface area contributed by atoms with Crippen molar-refractivity contribution in [3.05, 3.63) is 29.8 Å². The first-order valence-electron chi connectivity index (χ1n) is 7.73. The van der Waals surface area contributed by atoms with Crippen molar-refractivity contribution in [2.24, 2.45) is 5.92 Å². The second-order valence-corrected chi connectivity index (χ2v) is 6.65. The summed E-state index contributed by atoms with van der Waals surface area (Å²) in [5, 5.41) is 7.52. The molecule has 1 aromatic rings. The fourth-order valence-electron chi connectivity index (χ4n) is 2.82. The van der Waals surface area contributed by atoms with E-state index in [-0.39, 0.29) is 0 Å². The minimum absolute atomic E-state index is 0.527. The van der Waals surface area contributed by atoms with Gasteiger partial charge in [0.05, 0.1) is 0 Å². The van der Waals surface area contributed by atoms with Crippen LogP contribution in [-0.2, 0) is 0 Å². The SMILES string of the molecule is CC(C)c1ccc(NC(=S)N[C@@H]2CCCC[C@H]2C)cc1. The molecule has 1 fully saturated rings. The molecule has 20 heavy (non-hydrogen) atoms. The molecule has 2 nitrogen and oxygen atoms in total. The number of hydrogen-bond donors (Lipinski definition) is 2. The predicted molar refractivity (Wildman–Crippen MR) is 91.3 cm³/mol. The molecule has 1 aromatic carbocycles. The molecule has 0 aromatic heterocycles. The molecule has 1 saturated carbocycles. The molecule has 2 atom stereocenters. The molecule has 0 amide bonds.